The van der Waals surface area contributed by atoms with Crippen LogP contribution in [0.2, 0.25) is 0 Å². The van der Waals surface area contributed by atoms with Crippen molar-refractivity contribution < 1.29 is 22.1 Å². The van der Waals surface area contributed by atoms with Crippen molar-refractivity contribution in [3.8, 4) is 17.2 Å². The molecule has 0 radical (unpaired) electrons. The molecule has 31 heavy (non-hydrogen) atoms. The second-order valence-electron chi connectivity index (χ2n) is 6.30. The molecular weight excluding hydrogens is 482 g/mol. The fourth-order valence-electron chi connectivity index (χ4n) is 2.70. The number of nitrogens with zero attached hydrogens (tertiary/aromatic N) is 1. The van der Waals surface area contributed by atoms with E-state index >= 15 is 0 Å². The Morgan fingerprint density at radius 3 is 2.26 bits per heavy atom. The summed E-state index contributed by atoms with van der Waals surface area (Å²) in [5, 5.41) is 0. The summed E-state index contributed by atoms with van der Waals surface area (Å²) < 4.78 is 42.2. The first-order chi connectivity index (χ1) is 14.9. The molecule has 0 N–H and O–H groups in total. The lowest BCUT2D eigenvalue weighted by Gasteiger charge is -2.14. The van der Waals surface area contributed by atoms with E-state index in [1.54, 1.807) is 36.5 Å². The molecule has 3 aromatic carbocycles. The summed E-state index contributed by atoms with van der Waals surface area (Å²) in [4.78, 5) is 4.52. The van der Waals surface area contributed by atoms with Gasteiger partial charge in [-0.1, -0.05) is 18.2 Å². The molecule has 0 aliphatic heterocycles. The molecule has 0 amide bonds. The van der Waals surface area contributed by atoms with Gasteiger partial charge in [0.15, 0.2) is 11.5 Å². The van der Waals surface area contributed by atoms with Gasteiger partial charge in [-0.2, -0.15) is 8.42 Å². The van der Waals surface area contributed by atoms with Crippen LogP contribution < -0.4 is 13.7 Å². The molecule has 162 valence electrons. The van der Waals surface area contributed by atoms with Gasteiger partial charge in [-0.25, -0.2) is 0 Å². The van der Waals surface area contributed by atoms with E-state index in [9.17, 15) is 8.42 Å². The molecule has 0 heterocycles. The molecule has 0 aromatic heterocycles. The highest BCUT2D eigenvalue weighted by molar-refractivity contribution is 9.10. The van der Waals surface area contributed by atoms with Crippen LogP contribution in [0.4, 0.5) is 5.69 Å². The van der Waals surface area contributed by atoms with E-state index in [1.807, 2.05) is 38.1 Å². The largest absolute Gasteiger partial charge is 0.494 e. The molecule has 0 aliphatic carbocycles. The summed E-state index contributed by atoms with van der Waals surface area (Å²) in [6.45, 7) is 4.68. The summed E-state index contributed by atoms with van der Waals surface area (Å²) in [5.74, 6) is 1.16. The summed E-state index contributed by atoms with van der Waals surface area (Å²) in [7, 11) is -4.01. The van der Waals surface area contributed by atoms with Gasteiger partial charge in [-0.05, 0) is 83.9 Å². The Balaban J connectivity index is 1.88. The first kappa shape index (κ1) is 22.8. The normalized spacial score (nSPS) is 11.5. The molecule has 0 aliphatic rings. The van der Waals surface area contributed by atoms with Crippen molar-refractivity contribution in [1.29, 1.82) is 0 Å². The highest BCUT2D eigenvalue weighted by Crippen LogP contribution is 2.38. The highest BCUT2D eigenvalue weighted by atomic mass is 79.9. The number of rotatable bonds is 9. The number of hydrogen-bond acceptors (Lipinski definition) is 6. The van der Waals surface area contributed by atoms with Crippen molar-refractivity contribution in [3.63, 3.8) is 0 Å². The average Bonchev–Trinajstić information content (AvgIpc) is 2.77. The molecule has 3 aromatic rings. The molecule has 3 rings (SSSR count). The lowest BCUT2D eigenvalue weighted by atomic mass is 10.2. The van der Waals surface area contributed by atoms with E-state index in [1.165, 1.54) is 12.1 Å². The second kappa shape index (κ2) is 10.5. The van der Waals surface area contributed by atoms with Gasteiger partial charge >= 0.3 is 10.1 Å². The zero-order valence-corrected chi connectivity index (χ0v) is 19.5. The standard InChI is InChI=1S/C23H22BrNO5S/c1-3-28-19-12-10-18(11-13-19)25-16-17-14-21(24)23(22(15-17)29-4-2)30-31(26,27)20-8-6-5-7-9-20/h5-16H,3-4H2,1-2H3. The number of halogens is 1. The van der Waals surface area contributed by atoms with Crippen LogP contribution in [0.15, 0.2) is 81.1 Å². The minimum absolute atomic E-state index is 0.0606. The van der Waals surface area contributed by atoms with E-state index in [2.05, 4.69) is 20.9 Å². The number of aliphatic imine (C=N–C) groups is 1. The van der Waals surface area contributed by atoms with Crippen LogP contribution in [0.25, 0.3) is 0 Å². The Morgan fingerprint density at radius 2 is 1.61 bits per heavy atom. The summed E-state index contributed by atoms with van der Waals surface area (Å²) >= 11 is 3.40. The Hall–Kier alpha value is -2.84. The second-order valence-corrected chi connectivity index (χ2v) is 8.70. The first-order valence-electron chi connectivity index (χ1n) is 9.65. The molecule has 0 bridgehead atoms. The average molecular weight is 504 g/mol. The van der Waals surface area contributed by atoms with Gasteiger partial charge < -0.3 is 13.7 Å². The van der Waals surface area contributed by atoms with Gasteiger partial charge in [0, 0.05) is 6.21 Å². The monoisotopic (exact) mass is 503 g/mol. The SMILES string of the molecule is CCOc1ccc(N=Cc2cc(Br)c(OS(=O)(=O)c3ccccc3)c(OCC)c2)cc1. The maximum Gasteiger partial charge on any atom is 0.339 e. The van der Waals surface area contributed by atoms with Crippen LogP contribution in [0, 0.1) is 0 Å². The lowest BCUT2D eigenvalue weighted by Crippen LogP contribution is -2.11. The van der Waals surface area contributed by atoms with Crippen LogP contribution in [-0.4, -0.2) is 27.8 Å². The molecule has 0 spiro atoms. The number of hydrogen-bond donors (Lipinski definition) is 0. The zero-order chi connectivity index (χ0) is 22.3. The van der Waals surface area contributed by atoms with Crippen LogP contribution in [-0.2, 0) is 10.1 Å². The predicted octanol–water partition coefficient (Wildman–Crippen LogP) is 5.76. The molecule has 6 nitrogen and oxygen atoms in total. The third-order valence-corrected chi connectivity index (χ3v) is 5.89. The zero-order valence-electron chi connectivity index (χ0n) is 17.1. The molecule has 0 atom stereocenters. The summed E-state index contributed by atoms with van der Waals surface area (Å²) in [5.41, 5.74) is 1.47. The molecule has 0 saturated heterocycles. The minimum atomic E-state index is -4.01. The van der Waals surface area contributed by atoms with Crippen LogP contribution in [0.1, 0.15) is 19.4 Å². The van der Waals surface area contributed by atoms with E-state index in [0.29, 0.717) is 29.0 Å². The maximum absolute atomic E-state index is 12.6. The van der Waals surface area contributed by atoms with Crippen molar-refractivity contribution >= 4 is 38.0 Å². The highest BCUT2D eigenvalue weighted by Gasteiger charge is 2.21. The van der Waals surface area contributed by atoms with Gasteiger partial charge in [0.1, 0.15) is 10.6 Å². The summed E-state index contributed by atoms with van der Waals surface area (Å²) in [6.07, 6.45) is 1.67. The van der Waals surface area contributed by atoms with Gasteiger partial charge in [-0.15, -0.1) is 0 Å². The third-order valence-electron chi connectivity index (χ3n) is 4.07. The van der Waals surface area contributed by atoms with E-state index in [-0.39, 0.29) is 10.6 Å². The van der Waals surface area contributed by atoms with Gasteiger partial charge in [0.05, 0.1) is 23.4 Å². The van der Waals surface area contributed by atoms with E-state index < -0.39 is 10.1 Å². The molecule has 0 unspecified atom stereocenters. The number of ether oxygens (including phenoxy) is 2. The molecule has 8 heteroatoms. The van der Waals surface area contributed by atoms with Gasteiger partial charge in [0.25, 0.3) is 0 Å². The fourth-order valence-corrected chi connectivity index (χ4v) is 4.32. The Kier molecular flexibility index (Phi) is 7.70. The van der Waals surface area contributed by atoms with Crippen LogP contribution >= 0.6 is 15.9 Å². The predicted molar refractivity (Wildman–Crippen MR) is 124 cm³/mol. The molecule has 0 fully saturated rings. The fraction of sp³-hybridized carbons (Fsp3) is 0.174. The Morgan fingerprint density at radius 1 is 0.935 bits per heavy atom. The number of benzene rings is 3. The van der Waals surface area contributed by atoms with E-state index in [0.717, 1.165) is 11.4 Å². The van der Waals surface area contributed by atoms with Crippen molar-refractivity contribution in [2.24, 2.45) is 4.99 Å². The lowest BCUT2D eigenvalue weighted by molar-refractivity contribution is 0.327. The van der Waals surface area contributed by atoms with E-state index in [4.69, 9.17) is 13.7 Å². The van der Waals surface area contributed by atoms with Gasteiger partial charge in [-0.3, -0.25) is 4.99 Å². The quantitative estimate of drug-likeness (QED) is 0.274. The molecular formula is C23H22BrNO5S. The van der Waals surface area contributed by atoms with Crippen molar-refractivity contribution in [1.82, 2.24) is 0 Å². The van der Waals surface area contributed by atoms with Gasteiger partial charge in [0.2, 0.25) is 0 Å². The van der Waals surface area contributed by atoms with Crippen molar-refractivity contribution in [3.05, 3.63) is 76.8 Å². The smallest absolute Gasteiger partial charge is 0.339 e. The molecule has 0 saturated carbocycles. The summed E-state index contributed by atoms with van der Waals surface area (Å²) in [6, 6.07) is 18.8. The van der Waals surface area contributed by atoms with Crippen LogP contribution in [0.5, 0.6) is 17.2 Å². The van der Waals surface area contributed by atoms with Crippen molar-refractivity contribution in [2.75, 3.05) is 13.2 Å². The third kappa shape index (κ3) is 6.08. The van der Waals surface area contributed by atoms with Crippen molar-refractivity contribution in [2.45, 2.75) is 18.7 Å². The Labute approximate surface area is 190 Å². The first-order valence-corrected chi connectivity index (χ1v) is 11.9. The minimum Gasteiger partial charge on any atom is -0.494 e. The Bertz CT molecular complexity index is 1150. The topological polar surface area (TPSA) is 74.2 Å². The maximum atomic E-state index is 12.6. The van der Waals surface area contributed by atoms with Crippen LogP contribution in [0.3, 0.4) is 0 Å².